The molecular weight excluding hydrogens is 428 g/mol. The fraction of sp³-hybridized carbons (Fsp3) is 0.167. The van der Waals surface area contributed by atoms with E-state index in [9.17, 15) is 24.8 Å². The Morgan fingerprint density at radius 2 is 1.88 bits per heavy atom. The first-order chi connectivity index (χ1) is 15.8. The van der Waals surface area contributed by atoms with Crippen molar-refractivity contribution in [2.75, 3.05) is 11.5 Å². The Hall–Kier alpha value is -4.40. The van der Waals surface area contributed by atoms with Gasteiger partial charge < -0.3 is 14.3 Å². The average molecular weight is 448 g/mol. The molecule has 0 radical (unpaired) electrons. The number of amides is 1. The number of carbonyl (C=O) groups excluding carboxylic acids is 2. The molecular formula is C24H20N2O7. The summed E-state index contributed by atoms with van der Waals surface area (Å²) in [6.07, 6.45) is 0. The maximum Gasteiger partial charge on any atom is 0.300 e. The van der Waals surface area contributed by atoms with Gasteiger partial charge in [-0.25, -0.2) is 0 Å². The topological polar surface area (TPSA) is 123 Å². The number of hydrogen-bond donors (Lipinski definition) is 1. The molecule has 1 N–H and O–H groups in total. The van der Waals surface area contributed by atoms with Crippen LogP contribution in [0.3, 0.4) is 0 Å². The number of Topliss-reactive ketones (excluding diaryl/α,β-unsaturated/α-hetero) is 1. The number of hydrogen-bond acceptors (Lipinski definition) is 7. The van der Waals surface area contributed by atoms with Crippen molar-refractivity contribution in [3.05, 3.63) is 93.4 Å². The lowest BCUT2D eigenvalue weighted by Gasteiger charge is -2.23. The highest BCUT2D eigenvalue weighted by molar-refractivity contribution is 6.51. The number of nitro groups is 1. The van der Waals surface area contributed by atoms with Crippen molar-refractivity contribution < 1.29 is 28.8 Å². The van der Waals surface area contributed by atoms with Gasteiger partial charge in [-0.3, -0.25) is 24.6 Å². The Labute approximate surface area is 188 Å². The molecule has 1 aromatic heterocycles. The SMILES string of the molecule is CCOc1ccc(N2C(=O)C(=O)/C(=C(\O)c3cccc([N+](=O)[O-])c3)C2c2ccc(C)o2)cc1. The molecule has 1 fully saturated rings. The number of aliphatic hydroxyl groups excluding tert-OH is 1. The Morgan fingerprint density at radius 1 is 1.15 bits per heavy atom. The molecule has 0 bridgehead atoms. The minimum Gasteiger partial charge on any atom is -0.507 e. The molecule has 9 heteroatoms. The quantitative estimate of drug-likeness (QED) is 0.193. The second-order valence-corrected chi connectivity index (χ2v) is 7.35. The number of carbonyl (C=O) groups is 2. The molecule has 0 spiro atoms. The van der Waals surface area contributed by atoms with Crippen LogP contribution in [-0.4, -0.2) is 28.3 Å². The molecule has 1 saturated heterocycles. The number of nitrogens with zero attached hydrogens (tertiary/aromatic N) is 2. The van der Waals surface area contributed by atoms with Gasteiger partial charge in [-0.2, -0.15) is 0 Å². The van der Waals surface area contributed by atoms with E-state index in [4.69, 9.17) is 9.15 Å². The first kappa shape index (κ1) is 21.8. The number of aliphatic hydroxyl groups is 1. The zero-order chi connectivity index (χ0) is 23.7. The van der Waals surface area contributed by atoms with Crippen LogP contribution in [-0.2, 0) is 9.59 Å². The van der Waals surface area contributed by atoms with Crippen molar-refractivity contribution in [1.29, 1.82) is 0 Å². The number of furan rings is 1. The lowest BCUT2D eigenvalue weighted by atomic mass is 9.99. The maximum absolute atomic E-state index is 13.1. The maximum atomic E-state index is 13.1. The van der Waals surface area contributed by atoms with E-state index in [-0.39, 0.29) is 22.6 Å². The number of ether oxygens (including phenoxy) is 1. The van der Waals surface area contributed by atoms with Gasteiger partial charge in [0.15, 0.2) is 0 Å². The smallest absolute Gasteiger partial charge is 0.300 e. The first-order valence-electron chi connectivity index (χ1n) is 10.2. The molecule has 3 aromatic rings. The molecule has 2 aromatic carbocycles. The summed E-state index contributed by atoms with van der Waals surface area (Å²) in [5.74, 6) is -0.883. The third-order valence-corrected chi connectivity index (χ3v) is 5.23. The molecule has 1 aliphatic heterocycles. The van der Waals surface area contributed by atoms with E-state index >= 15 is 0 Å². The number of benzene rings is 2. The van der Waals surface area contributed by atoms with Crippen molar-refractivity contribution in [3.63, 3.8) is 0 Å². The standard InChI is InChI=1S/C24H20N2O7/c1-3-32-18-10-8-16(9-11-18)25-21(19-12-7-14(2)33-19)20(23(28)24(25)29)22(27)15-5-4-6-17(13-15)26(30)31/h4-13,21,27H,3H2,1-2H3/b22-20-. The molecule has 1 amide bonds. The van der Waals surface area contributed by atoms with Gasteiger partial charge in [-0.1, -0.05) is 12.1 Å². The van der Waals surface area contributed by atoms with Crippen molar-refractivity contribution in [2.24, 2.45) is 0 Å². The molecule has 0 aliphatic carbocycles. The van der Waals surface area contributed by atoms with E-state index in [0.717, 1.165) is 6.07 Å². The van der Waals surface area contributed by atoms with Crippen molar-refractivity contribution >= 4 is 28.8 Å². The van der Waals surface area contributed by atoms with Crippen LogP contribution in [0, 0.1) is 17.0 Å². The number of rotatable bonds is 6. The van der Waals surface area contributed by atoms with Crippen LogP contribution in [0.15, 0.2) is 70.7 Å². The molecule has 1 atom stereocenters. The highest BCUT2D eigenvalue weighted by atomic mass is 16.6. The molecule has 1 unspecified atom stereocenters. The zero-order valence-electron chi connectivity index (χ0n) is 17.8. The lowest BCUT2D eigenvalue weighted by Crippen LogP contribution is -2.29. The highest BCUT2D eigenvalue weighted by Crippen LogP contribution is 2.43. The number of nitro benzene ring substituents is 1. The summed E-state index contributed by atoms with van der Waals surface area (Å²) in [4.78, 5) is 37.9. The average Bonchev–Trinajstić information content (AvgIpc) is 3.35. The van der Waals surface area contributed by atoms with E-state index in [1.165, 1.54) is 23.1 Å². The van der Waals surface area contributed by atoms with Gasteiger partial charge in [-0.05, 0) is 50.2 Å². The summed E-state index contributed by atoms with van der Waals surface area (Å²) >= 11 is 0. The Balaban J connectivity index is 1.88. The zero-order valence-corrected chi connectivity index (χ0v) is 17.8. The number of aryl methyl sites for hydroxylation is 1. The fourth-order valence-electron chi connectivity index (χ4n) is 3.76. The fourth-order valence-corrected chi connectivity index (χ4v) is 3.76. The summed E-state index contributed by atoms with van der Waals surface area (Å²) in [6, 6.07) is 14.1. The molecule has 33 heavy (non-hydrogen) atoms. The number of ketones is 1. The Kier molecular flexibility index (Phi) is 5.70. The van der Waals surface area contributed by atoms with E-state index < -0.39 is 28.4 Å². The van der Waals surface area contributed by atoms with Crippen LogP contribution in [0.4, 0.5) is 11.4 Å². The van der Waals surface area contributed by atoms with Crippen LogP contribution in [0.25, 0.3) is 5.76 Å². The van der Waals surface area contributed by atoms with Gasteiger partial charge in [0, 0.05) is 23.4 Å². The molecule has 1 aliphatic rings. The predicted molar refractivity (Wildman–Crippen MR) is 119 cm³/mol. The normalized spacial score (nSPS) is 17.4. The number of non-ortho nitro benzene ring substituents is 1. The third kappa shape index (κ3) is 3.96. The third-order valence-electron chi connectivity index (χ3n) is 5.23. The van der Waals surface area contributed by atoms with E-state index in [0.29, 0.717) is 23.8 Å². The van der Waals surface area contributed by atoms with Crippen molar-refractivity contribution in [2.45, 2.75) is 19.9 Å². The van der Waals surface area contributed by atoms with Crippen molar-refractivity contribution in [1.82, 2.24) is 0 Å². The van der Waals surface area contributed by atoms with E-state index in [1.54, 1.807) is 43.3 Å². The van der Waals surface area contributed by atoms with Crippen LogP contribution in [0.5, 0.6) is 5.75 Å². The minimum atomic E-state index is -1.06. The van der Waals surface area contributed by atoms with Crippen LogP contribution in [0.1, 0.15) is 30.0 Å². The number of anilines is 1. The highest BCUT2D eigenvalue weighted by Gasteiger charge is 2.48. The molecule has 2 heterocycles. The summed E-state index contributed by atoms with van der Waals surface area (Å²) in [6.45, 7) is 4.03. The largest absolute Gasteiger partial charge is 0.507 e. The van der Waals surface area contributed by atoms with E-state index in [2.05, 4.69) is 0 Å². The summed E-state index contributed by atoms with van der Waals surface area (Å²) in [5.41, 5.74) is -0.0335. The van der Waals surface area contributed by atoms with Crippen LogP contribution >= 0.6 is 0 Å². The predicted octanol–water partition coefficient (Wildman–Crippen LogP) is 4.52. The van der Waals surface area contributed by atoms with Gasteiger partial charge in [0.05, 0.1) is 17.1 Å². The van der Waals surface area contributed by atoms with E-state index in [1.807, 2.05) is 6.92 Å². The Bertz CT molecular complexity index is 1270. The van der Waals surface area contributed by atoms with Gasteiger partial charge in [-0.15, -0.1) is 0 Å². The monoisotopic (exact) mass is 448 g/mol. The summed E-state index contributed by atoms with van der Waals surface area (Å²) in [7, 11) is 0. The minimum absolute atomic E-state index is 0.0437. The van der Waals surface area contributed by atoms with Crippen LogP contribution in [0.2, 0.25) is 0 Å². The molecule has 4 rings (SSSR count). The van der Waals surface area contributed by atoms with Crippen LogP contribution < -0.4 is 9.64 Å². The molecule has 168 valence electrons. The summed E-state index contributed by atoms with van der Waals surface area (Å²) < 4.78 is 11.2. The van der Waals surface area contributed by atoms with Gasteiger partial charge in [0.25, 0.3) is 17.4 Å². The lowest BCUT2D eigenvalue weighted by molar-refractivity contribution is -0.384. The first-order valence-corrected chi connectivity index (χ1v) is 10.2. The van der Waals surface area contributed by atoms with Gasteiger partial charge in [0.2, 0.25) is 0 Å². The second kappa shape index (κ2) is 8.62. The van der Waals surface area contributed by atoms with Gasteiger partial charge >= 0.3 is 0 Å². The van der Waals surface area contributed by atoms with Crippen molar-refractivity contribution in [3.8, 4) is 5.75 Å². The molecule has 0 saturated carbocycles. The molecule has 9 nitrogen and oxygen atoms in total. The Morgan fingerprint density at radius 3 is 2.48 bits per heavy atom. The summed E-state index contributed by atoms with van der Waals surface area (Å²) in [5, 5.41) is 22.2. The second-order valence-electron chi connectivity index (χ2n) is 7.35. The van der Waals surface area contributed by atoms with Gasteiger partial charge in [0.1, 0.15) is 29.1 Å².